The molecular formula is C31H50N4O5. The molecule has 2 aromatic rings. The lowest BCUT2D eigenvalue weighted by Crippen LogP contribution is -2.44. The maximum absolute atomic E-state index is 12.5. The van der Waals surface area contributed by atoms with E-state index >= 15 is 0 Å². The Bertz CT molecular complexity index is 1130. The predicted octanol–water partition coefficient (Wildman–Crippen LogP) is 3.82. The quantitative estimate of drug-likeness (QED) is 0.224. The Hall–Kier alpha value is -2.43. The minimum atomic E-state index is -0.964. The molecule has 0 saturated heterocycles. The van der Waals surface area contributed by atoms with Gasteiger partial charge in [0.15, 0.2) is 0 Å². The van der Waals surface area contributed by atoms with Crippen molar-refractivity contribution in [1.82, 2.24) is 15.2 Å². The van der Waals surface area contributed by atoms with E-state index in [1.165, 1.54) is 0 Å². The molecule has 1 fully saturated rings. The number of aryl methyl sites for hydroxylation is 2. The average molecular weight is 559 g/mol. The molecule has 1 aromatic carbocycles. The number of methoxy groups -OCH3 is 2. The molecule has 1 aromatic heterocycles. The molecule has 1 atom stereocenters. The van der Waals surface area contributed by atoms with Gasteiger partial charge in [0.05, 0.1) is 13.2 Å². The summed E-state index contributed by atoms with van der Waals surface area (Å²) in [5.74, 6) is 0.698. The van der Waals surface area contributed by atoms with E-state index < -0.39 is 6.23 Å². The minimum Gasteiger partial charge on any atom is -0.491 e. The van der Waals surface area contributed by atoms with Crippen molar-refractivity contribution < 1.29 is 19.3 Å². The van der Waals surface area contributed by atoms with Crippen LogP contribution in [-0.4, -0.2) is 81.3 Å². The Kier molecular flexibility index (Phi) is 12.5. The van der Waals surface area contributed by atoms with Gasteiger partial charge in [-0.1, -0.05) is 0 Å². The standard InChI is InChI=1S/C31H50N4O5/c1-8-35(25-11-9-24(10-12-25)34(5)13-14-38-6)29-19-26(40-16-15-39-7)18-27(23(29)4)30(36)32-20-28-21(2)17-22(3)33-31(28)37/h17-19,24-25,30,32,36H,8-16,20H2,1-7H3,(H,33,37). The number of rotatable bonds is 15. The van der Waals surface area contributed by atoms with Crippen molar-refractivity contribution in [1.29, 1.82) is 0 Å². The summed E-state index contributed by atoms with van der Waals surface area (Å²) >= 11 is 0. The van der Waals surface area contributed by atoms with Crippen molar-refractivity contribution in [2.45, 2.75) is 78.2 Å². The monoisotopic (exact) mass is 558 g/mol. The third-order valence-electron chi connectivity index (χ3n) is 8.24. The summed E-state index contributed by atoms with van der Waals surface area (Å²) in [6, 6.07) is 6.92. The van der Waals surface area contributed by atoms with Gasteiger partial charge in [-0.15, -0.1) is 0 Å². The van der Waals surface area contributed by atoms with Crippen LogP contribution in [0.4, 0.5) is 5.69 Å². The second-order valence-electron chi connectivity index (χ2n) is 10.9. The van der Waals surface area contributed by atoms with Crippen LogP contribution in [0.2, 0.25) is 0 Å². The van der Waals surface area contributed by atoms with Crippen LogP contribution in [-0.2, 0) is 16.0 Å². The fourth-order valence-electron chi connectivity index (χ4n) is 5.87. The molecule has 0 radical (unpaired) electrons. The fourth-order valence-corrected chi connectivity index (χ4v) is 5.87. The van der Waals surface area contributed by atoms with E-state index in [-0.39, 0.29) is 12.1 Å². The summed E-state index contributed by atoms with van der Waals surface area (Å²) in [4.78, 5) is 20.3. The van der Waals surface area contributed by atoms with Gasteiger partial charge < -0.3 is 34.1 Å². The topological polar surface area (TPSA) is 99.3 Å². The number of ether oxygens (including phenoxy) is 3. The Morgan fingerprint density at radius 1 is 1.02 bits per heavy atom. The van der Waals surface area contributed by atoms with Crippen LogP contribution < -0.4 is 20.5 Å². The van der Waals surface area contributed by atoms with E-state index in [1.54, 1.807) is 14.2 Å². The fraction of sp³-hybridized carbons (Fsp3) is 0.645. The Morgan fingerprint density at radius 3 is 2.33 bits per heavy atom. The van der Waals surface area contributed by atoms with Gasteiger partial charge in [-0.25, -0.2) is 0 Å². The molecule has 0 spiro atoms. The van der Waals surface area contributed by atoms with Gasteiger partial charge in [0.25, 0.3) is 5.56 Å². The van der Waals surface area contributed by atoms with Crippen molar-refractivity contribution in [3.05, 3.63) is 56.5 Å². The van der Waals surface area contributed by atoms with Crippen LogP contribution in [0.3, 0.4) is 0 Å². The molecule has 1 heterocycles. The van der Waals surface area contributed by atoms with Gasteiger partial charge in [0, 0.05) is 74.5 Å². The largest absolute Gasteiger partial charge is 0.491 e. The summed E-state index contributed by atoms with van der Waals surface area (Å²) in [5, 5.41) is 14.5. The highest BCUT2D eigenvalue weighted by Gasteiger charge is 2.29. The van der Waals surface area contributed by atoms with E-state index in [2.05, 4.69) is 47.1 Å². The van der Waals surface area contributed by atoms with Crippen LogP contribution in [0.5, 0.6) is 5.75 Å². The lowest BCUT2D eigenvalue weighted by Gasteiger charge is -2.41. The number of hydrogen-bond donors (Lipinski definition) is 3. The third kappa shape index (κ3) is 8.30. The van der Waals surface area contributed by atoms with Crippen molar-refractivity contribution in [2.75, 3.05) is 59.1 Å². The van der Waals surface area contributed by atoms with Crippen molar-refractivity contribution in [3.8, 4) is 5.75 Å². The molecule has 40 heavy (non-hydrogen) atoms. The number of hydrogen-bond acceptors (Lipinski definition) is 8. The highest BCUT2D eigenvalue weighted by atomic mass is 16.5. The van der Waals surface area contributed by atoms with Crippen molar-refractivity contribution in [2.24, 2.45) is 0 Å². The number of pyridine rings is 1. The van der Waals surface area contributed by atoms with E-state index in [4.69, 9.17) is 14.2 Å². The number of aromatic nitrogens is 1. The number of benzene rings is 1. The number of anilines is 1. The second-order valence-corrected chi connectivity index (χ2v) is 10.9. The van der Waals surface area contributed by atoms with Crippen LogP contribution in [0.1, 0.15) is 66.8 Å². The van der Waals surface area contributed by atoms with E-state index in [1.807, 2.05) is 26.0 Å². The van der Waals surface area contributed by atoms with E-state index in [9.17, 15) is 9.90 Å². The van der Waals surface area contributed by atoms with E-state index in [0.717, 1.165) is 73.5 Å². The van der Waals surface area contributed by atoms with Gasteiger partial charge in [-0.05, 0) is 83.7 Å². The molecule has 0 bridgehead atoms. The molecule has 1 saturated carbocycles. The molecule has 224 valence electrons. The zero-order valence-corrected chi connectivity index (χ0v) is 25.5. The van der Waals surface area contributed by atoms with Gasteiger partial charge >= 0.3 is 0 Å². The zero-order valence-electron chi connectivity index (χ0n) is 25.5. The average Bonchev–Trinajstić information content (AvgIpc) is 2.93. The van der Waals surface area contributed by atoms with Gasteiger partial charge in [-0.3, -0.25) is 10.1 Å². The molecule has 9 nitrogen and oxygen atoms in total. The molecule has 3 rings (SSSR count). The molecule has 3 N–H and O–H groups in total. The summed E-state index contributed by atoms with van der Waals surface area (Å²) in [7, 11) is 5.60. The molecule has 9 heteroatoms. The normalized spacial score (nSPS) is 18.2. The number of nitrogens with one attached hydrogen (secondary N) is 2. The highest BCUT2D eigenvalue weighted by molar-refractivity contribution is 5.61. The first-order chi connectivity index (χ1) is 19.2. The maximum atomic E-state index is 12.5. The number of aliphatic hydroxyl groups is 1. The number of H-pyrrole nitrogens is 1. The van der Waals surface area contributed by atoms with E-state index in [0.29, 0.717) is 36.6 Å². The van der Waals surface area contributed by atoms with Gasteiger partial charge in [-0.2, -0.15) is 0 Å². The lowest BCUT2D eigenvalue weighted by atomic mass is 9.88. The maximum Gasteiger partial charge on any atom is 0.252 e. The molecule has 0 amide bonds. The number of nitrogens with zero attached hydrogens (tertiary/aromatic N) is 2. The number of likely N-dealkylation sites (N-methyl/N-ethyl adjacent to an activating group) is 1. The molecule has 1 aliphatic carbocycles. The number of aliphatic hydroxyl groups excluding tert-OH is 1. The lowest BCUT2D eigenvalue weighted by molar-refractivity contribution is 0.119. The molecular weight excluding hydrogens is 508 g/mol. The smallest absolute Gasteiger partial charge is 0.252 e. The van der Waals surface area contributed by atoms with Crippen LogP contribution in [0, 0.1) is 20.8 Å². The predicted molar refractivity (Wildman–Crippen MR) is 160 cm³/mol. The van der Waals surface area contributed by atoms with Crippen LogP contribution >= 0.6 is 0 Å². The first-order valence-electron chi connectivity index (χ1n) is 14.5. The molecule has 0 aliphatic heterocycles. The number of aromatic amines is 1. The zero-order chi connectivity index (χ0) is 29.2. The first-order valence-corrected chi connectivity index (χ1v) is 14.5. The Labute approximate surface area is 239 Å². The minimum absolute atomic E-state index is 0.133. The summed E-state index contributed by atoms with van der Waals surface area (Å²) in [5.41, 5.74) is 5.05. The second kappa shape index (κ2) is 15.5. The van der Waals surface area contributed by atoms with Crippen LogP contribution in [0.25, 0.3) is 0 Å². The van der Waals surface area contributed by atoms with Gasteiger partial charge in [0.1, 0.15) is 18.6 Å². The first kappa shape index (κ1) is 32.1. The summed E-state index contributed by atoms with van der Waals surface area (Å²) in [6.07, 6.45) is 3.54. The Morgan fingerprint density at radius 2 is 1.70 bits per heavy atom. The van der Waals surface area contributed by atoms with Crippen molar-refractivity contribution in [3.63, 3.8) is 0 Å². The molecule has 1 unspecified atom stereocenters. The summed E-state index contributed by atoms with van der Waals surface area (Å²) < 4.78 is 16.5. The SMILES string of the molecule is CCN(c1cc(OCCOC)cc(C(O)NCc2c(C)cc(C)[nH]c2=O)c1C)C1CCC(N(C)CCOC)CC1. The van der Waals surface area contributed by atoms with Crippen molar-refractivity contribution >= 4 is 5.69 Å². The Balaban J connectivity index is 1.83. The van der Waals surface area contributed by atoms with Crippen LogP contribution in [0.15, 0.2) is 23.0 Å². The third-order valence-corrected chi connectivity index (χ3v) is 8.24. The molecule has 1 aliphatic rings. The highest BCUT2D eigenvalue weighted by Crippen LogP contribution is 2.36. The van der Waals surface area contributed by atoms with Gasteiger partial charge in [0.2, 0.25) is 0 Å². The summed E-state index contributed by atoms with van der Waals surface area (Å²) in [6.45, 7) is 11.8.